The normalized spacial score (nSPS) is 18.4. The van der Waals surface area contributed by atoms with Crippen LogP contribution in [0.1, 0.15) is 25.3 Å². The molecule has 2 atom stereocenters. The second kappa shape index (κ2) is 6.25. The molecule has 9 heteroatoms. The maximum absolute atomic E-state index is 12.2. The van der Waals surface area contributed by atoms with E-state index in [4.69, 9.17) is 5.73 Å². The smallest absolute Gasteiger partial charge is 0.298 e. The van der Waals surface area contributed by atoms with Crippen molar-refractivity contribution in [2.45, 2.75) is 36.0 Å². The molecule has 0 fully saturated rings. The molecule has 126 valence electrons. The summed E-state index contributed by atoms with van der Waals surface area (Å²) in [6, 6.07) is 8.07. The average molecular weight is 351 g/mol. The minimum atomic E-state index is -5.14. The maximum atomic E-state index is 12.2. The zero-order valence-corrected chi connectivity index (χ0v) is 14.1. The average Bonchev–Trinajstić information content (AvgIpc) is 2.37. The van der Waals surface area contributed by atoms with Gasteiger partial charge in [-0.15, -0.1) is 0 Å². The molecule has 0 saturated carbocycles. The Hall–Kier alpha value is -1.00. The van der Waals surface area contributed by atoms with Gasteiger partial charge in [-0.05, 0) is 12.0 Å². The highest BCUT2D eigenvalue weighted by Gasteiger charge is 2.62. The lowest BCUT2D eigenvalue weighted by Gasteiger charge is -2.40. The standard InChI is InChI=1S/C13H21NO6S2/c1-3-9-13(15,22(18,19)20)12(14,21(2,16)17)10-11-7-5-4-6-8-11/h4-8,15H,3,9-10,14H2,1-2H3,(H,18,19,20). The molecule has 7 nitrogen and oxygen atoms in total. The van der Waals surface area contributed by atoms with Gasteiger partial charge in [-0.1, -0.05) is 43.7 Å². The van der Waals surface area contributed by atoms with E-state index in [9.17, 15) is 26.5 Å². The Bertz CT molecular complexity index is 716. The van der Waals surface area contributed by atoms with E-state index in [2.05, 4.69) is 0 Å². The molecular formula is C13H21NO6S2. The molecule has 0 saturated heterocycles. The van der Waals surface area contributed by atoms with Crippen molar-refractivity contribution in [2.75, 3.05) is 6.26 Å². The van der Waals surface area contributed by atoms with Crippen molar-refractivity contribution in [3.63, 3.8) is 0 Å². The fourth-order valence-electron chi connectivity index (χ4n) is 2.36. The molecule has 0 aliphatic heterocycles. The Balaban J connectivity index is 3.58. The molecule has 4 N–H and O–H groups in total. The number of hydrogen-bond acceptors (Lipinski definition) is 6. The summed E-state index contributed by atoms with van der Waals surface area (Å²) < 4.78 is 57.1. The molecule has 22 heavy (non-hydrogen) atoms. The molecule has 0 aliphatic carbocycles. The third kappa shape index (κ3) is 3.33. The lowest BCUT2D eigenvalue weighted by Crippen LogP contribution is -2.69. The quantitative estimate of drug-likeness (QED) is 0.601. The second-order valence-corrected chi connectivity index (χ2v) is 9.23. The van der Waals surface area contributed by atoms with Crippen LogP contribution in [0, 0.1) is 0 Å². The van der Waals surface area contributed by atoms with Crippen molar-refractivity contribution < 1.29 is 26.5 Å². The molecule has 1 aromatic carbocycles. The van der Waals surface area contributed by atoms with Gasteiger partial charge in [-0.3, -0.25) is 4.55 Å². The van der Waals surface area contributed by atoms with Crippen molar-refractivity contribution in [1.29, 1.82) is 0 Å². The zero-order valence-electron chi connectivity index (χ0n) is 12.4. The van der Waals surface area contributed by atoms with Crippen molar-refractivity contribution in [1.82, 2.24) is 0 Å². The second-order valence-electron chi connectivity index (χ2n) is 5.33. The van der Waals surface area contributed by atoms with Gasteiger partial charge in [0, 0.05) is 12.7 Å². The van der Waals surface area contributed by atoms with Gasteiger partial charge in [0.2, 0.25) is 4.93 Å². The summed E-state index contributed by atoms with van der Waals surface area (Å²) in [7, 11) is -9.37. The lowest BCUT2D eigenvalue weighted by molar-refractivity contribution is 0.0585. The van der Waals surface area contributed by atoms with Gasteiger partial charge in [0.25, 0.3) is 10.1 Å². The molecule has 0 bridgehead atoms. The monoisotopic (exact) mass is 351 g/mol. The van der Waals surface area contributed by atoms with Gasteiger partial charge in [-0.25, -0.2) is 8.42 Å². The molecular weight excluding hydrogens is 330 g/mol. The highest BCUT2D eigenvalue weighted by atomic mass is 32.2. The topological polar surface area (TPSA) is 135 Å². The van der Waals surface area contributed by atoms with Crippen LogP contribution in [0.15, 0.2) is 30.3 Å². The van der Waals surface area contributed by atoms with E-state index < -0.39 is 42.6 Å². The minimum Gasteiger partial charge on any atom is -0.370 e. The van der Waals surface area contributed by atoms with Crippen LogP contribution in [0.25, 0.3) is 0 Å². The number of benzene rings is 1. The Morgan fingerprint density at radius 1 is 1.14 bits per heavy atom. The van der Waals surface area contributed by atoms with Crippen LogP contribution in [0.2, 0.25) is 0 Å². The molecule has 0 spiro atoms. The van der Waals surface area contributed by atoms with Gasteiger partial charge in [-0.2, -0.15) is 8.42 Å². The molecule has 0 aliphatic rings. The lowest BCUT2D eigenvalue weighted by atomic mass is 9.97. The first-order chi connectivity index (χ1) is 9.89. The molecule has 0 amide bonds. The van der Waals surface area contributed by atoms with E-state index in [1.165, 1.54) is 0 Å². The van der Waals surface area contributed by atoms with E-state index in [1.54, 1.807) is 37.3 Å². The largest absolute Gasteiger partial charge is 0.370 e. The summed E-state index contributed by atoms with van der Waals surface area (Å²) in [4.78, 5) is -5.58. The molecule has 0 aromatic heterocycles. The first-order valence-electron chi connectivity index (χ1n) is 6.61. The van der Waals surface area contributed by atoms with Crippen LogP contribution in [-0.4, -0.2) is 42.6 Å². The molecule has 0 radical (unpaired) electrons. The number of aliphatic hydroxyl groups is 1. The highest BCUT2D eigenvalue weighted by Crippen LogP contribution is 2.36. The number of nitrogens with two attached hydrogens (primary N) is 1. The van der Waals surface area contributed by atoms with Crippen LogP contribution >= 0.6 is 0 Å². The van der Waals surface area contributed by atoms with E-state index in [1.807, 2.05) is 0 Å². The summed E-state index contributed by atoms with van der Waals surface area (Å²) >= 11 is 0. The van der Waals surface area contributed by atoms with Crippen LogP contribution in [0.4, 0.5) is 0 Å². The summed E-state index contributed by atoms with van der Waals surface area (Å²) in [5.74, 6) is 0. The summed E-state index contributed by atoms with van der Waals surface area (Å²) in [5, 5.41) is 10.5. The van der Waals surface area contributed by atoms with Crippen molar-refractivity contribution in [3.8, 4) is 0 Å². The Morgan fingerprint density at radius 2 is 1.64 bits per heavy atom. The predicted molar refractivity (Wildman–Crippen MR) is 83.3 cm³/mol. The molecule has 2 unspecified atom stereocenters. The van der Waals surface area contributed by atoms with Crippen LogP contribution in [0.5, 0.6) is 0 Å². The van der Waals surface area contributed by atoms with Gasteiger partial charge in [0.15, 0.2) is 14.7 Å². The third-order valence-electron chi connectivity index (χ3n) is 3.65. The van der Waals surface area contributed by atoms with E-state index >= 15 is 0 Å². The van der Waals surface area contributed by atoms with Crippen LogP contribution in [0.3, 0.4) is 0 Å². The molecule has 1 rings (SSSR count). The SMILES string of the molecule is CCCC(O)(C(N)(Cc1ccccc1)S(C)(=O)=O)S(=O)(=O)O. The van der Waals surface area contributed by atoms with Gasteiger partial charge in [0.05, 0.1) is 0 Å². The van der Waals surface area contributed by atoms with E-state index in [-0.39, 0.29) is 6.42 Å². The van der Waals surface area contributed by atoms with E-state index in [0.717, 1.165) is 6.26 Å². The zero-order chi connectivity index (χ0) is 17.2. The summed E-state index contributed by atoms with van der Waals surface area (Å²) in [6.07, 6.45) is -0.119. The molecule has 0 heterocycles. The Labute approximate surface area is 130 Å². The fraction of sp³-hybridized carbons (Fsp3) is 0.538. The number of hydrogen-bond donors (Lipinski definition) is 3. The van der Waals surface area contributed by atoms with Gasteiger partial charge in [0.1, 0.15) is 0 Å². The van der Waals surface area contributed by atoms with Gasteiger partial charge < -0.3 is 10.8 Å². The summed E-state index contributed by atoms with van der Waals surface area (Å²) in [5.41, 5.74) is 6.31. The van der Waals surface area contributed by atoms with Crippen LogP contribution < -0.4 is 5.73 Å². The number of rotatable bonds is 7. The van der Waals surface area contributed by atoms with Crippen molar-refractivity contribution >= 4 is 20.0 Å². The Kier molecular flexibility index (Phi) is 5.41. The molecule has 1 aromatic rings. The first kappa shape index (κ1) is 19.0. The van der Waals surface area contributed by atoms with Crippen LogP contribution in [-0.2, 0) is 26.4 Å². The first-order valence-corrected chi connectivity index (χ1v) is 9.94. The minimum absolute atomic E-state index is 0.111. The predicted octanol–water partition coefficient (Wildman–Crippen LogP) is 0.305. The van der Waals surface area contributed by atoms with Crippen molar-refractivity contribution in [2.24, 2.45) is 5.73 Å². The van der Waals surface area contributed by atoms with Crippen molar-refractivity contribution in [3.05, 3.63) is 35.9 Å². The van der Waals surface area contributed by atoms with E-state index in [0.29, 0.717) is 5.56 Å². The highest BCUT2D eigenvalue weighted by molar-refractivity contribution is 7.94. The Morgan fingerprint density at radius 3 is 2.00 bits per heavy atom. The third-order valence-corrected chi connectivity index (χ3v) is 7.00. The fourth-order valence-corrected chi connectivity index (χ4v) is 5.21. The maximum Gasteiger partial charge on any atom is 0.298 e. The number of sulfone groups is 1. The van der Waals surface area contributed by atoms with Gasteiger partial charge >= 0.3 is 0 Å². The summed E-state index contributed by atoms with van der Waals surface area (Å²) in [6.45, 7) is 1.54.